The monoisotopic (exact) mass is 403 g/mol. The highest BCUT2D eigenvalue weighted by atomic mass is 19.1. The molecule has 0 saturated carbocycles. The van der Waals surface area contributed by atoms with Gasteiger partial charge in [-0.05, 0) is 65.6 Å². The van der Waals surface area contributed by atoms with Gasteiger partial charge in [0, 0.05) is 25.1 Å². The largest absolute Gasteiger partial charge is 0.458 e. The lowest BCUT2D eigenvalue weighted by Crippen LogP contribution is -2.23. The predicted octanol–water partition coefficient (Wildman–Crippen LogP) is 5.28. The molecule has 152 valence electrons. The topological polar surface area (TPSA) is 38.8 Å². The van der Waals surface area contributed by atoms with E-state index in [4.69, 9.17) is 9.47 Å². The molecule has 1 atom stereocenters. The zero-order valence-electron chi connectivity index (χ0n) is 16.5. The van der Waals surface area contributed by atoms with Gasteiger partial charge in [-0.25, -0.2) is 4.39 Å². The van der Waals surface area contributed by atoms with E-state index in [0.717, 1.165) is 36.8 Å². The van der Waals surface area contributed by atoms with Crippen LogP contribution in [-0.2, 0) is 0 Å². The second-order valence-electron chi connectivity index (χ2n) is 7.88. The minimum Gasteiger partial charge on any atom is -0.458 e. The van der Waals surface area contributed by atoms with E-state index in [1.54, 1.807) is 0 Å². The summed E-state index contributed by atoms with van der Waals surface area (Å²) in [7, 11) is 0. The van der Waals surface area contributed by atoms with E-state index in [9.17, 15) is 9.18 Å². The summed E-state index contributed by atoms with van der Waals surface area (Å²) in [5.41, 5.74) is 1.88. The fraction of sp³-hybridized carbons (Fsp3) is 0.240. The number of ketones is 1. The van der Waals surface area contributed by atoms with Crippen molar-refractivity contribution in [2.75, 3.05) is 19.6 Å². The van der Waals surface area contributed by atoms with Crippen molar-refractivity contribution in [2.45, 2.75) is 18.8 Å². The maximum absolute atomic E-state index is 13.1. The van der Waals surface area contributed by atoms with Crippen molar-refractivity contribution in [3.63, 3.8) is 0 Å². The molecule has 1 fully saturated rings. The molecule has 0 aromatic heterocycles. The summed E-state index contributed by atoms with van der Waals surface area (Å²) in [5, 5.41) is 1.96. The number of rotatable bonds is 5. The van der Waals surface area contributed by atoms with Crippen LogP contribution < -0.4 is 9.47 Å². The van der Waals surface area contributed by atoms with Gasteiger partial charge in [-0.1, -0.05) is 24.3 Å². The lowest BCUT2D eigenvalue weighted by atomic mass is 9.98. The lowest BCUT2D eigenvalue weighted by molar-refractivity contribution is 0.0969. The summed E-state index contributed by atoms with van der Waals surface area (Å²) in [6, 6.07) is 16.3. The molecule has 0 radical (unpaired) electrons. The van der Waals surface area contributed by atoms with E-state index < -0.39 is 0 Å². The normalized spacial score (nSPS) is 18.1. The molecule has 0 aliphatic carbocycles. The average Bonchev–Trinajstić information content (AvgIpc) is 3.25. The van der Waals surface area contributed by atoms with Crippen LogP contribution in [0.2, 0.25) is 0 Å². The molecule has 2 aliphatic rings. The summed E-state index contributed by atoms with van der Waals surface area (Å²) in [4.78, 5) is 15.1. The number of carbonyl (C=O) groups excluding carboxylic acids is 1. The Kier molecular flexibility index (Phi) is 4.97. The third kappa shape index (κ3) is 3.81. The number of carbonyl (C=O) groups is 1. The van der Waals surface area contributed by atoms with Crippen molar-refractivity contribution in [3.05, 3.63) is 84.1 Å². The molecular weight excluding hydrogens is 381 g/mol. The maximum Gasteiger partial charge on any atom is 0.169 e. The molecule has 2 heterocycles. The predicted molar refractivity (Wildman–Crippen MR) is 113 cm³/mol. The molecule has 0 spiro atoms. The summed E-state index contributed by atoms with van der Waals surface area (Å²) in [6.45, 7) is 2.61. The second-order valence-corrected chi connectivity index (χ2v) is 7.88. The van der Waals surface area contributed by atoms with E-state index >= 15 is 0 Å². The molecule has 0 bridgehead atoms. The van der Waals surface area contributed by atoms with Gasteiger partial charge in [0.1, 0.15) is 18.3 Å². The molecule has 1 unspecified atom stereocenters. The van der Waals surface area contributed by atoms with Crippen LogP contribution in [0.4, 0.5) is 4.39 Å². The first-order valence-corrected chi connectivity index (χ1v) is 10.2. The standard InChI is InChI=1S/C25H22FNO3/c26-22-5-3-17(4-6-22)20-7-9-27(16-20)10-8-23(28)19-2-1-18-14-24-25(15-21(18)13-19)30-12-11-29-24/h1-6,11-15,20H,7-10,16H2. The Morgan fingerprint density at radius 1 is 0.967 bits per heavy atom. The van der Waals surface area contributed by atoms with Gasteiger partial charge in [0.05, 0.1) is 0 Å². The van der Waals surface area contributed by atoms with Crippen molar-refractivity contribution in [1.29, 1.82) is 0 Å². The molecule has 3 aromatic rings. The third-order valence-electron chi connectivity index (χ3n) is 5.94. The fourth-order valence-corrected chi connectivity index (χ4v) is 4.26. The van der Waals surface area contributed by atoms with Gasteiger partial charge in [-0.3, -0.25) is 4.79 Å². The van der Waals surface area contributed by atoms with Gasteiger partial charge in [-0.15, -0.1) is 0 Å². The lowest BCUT2D eigenvalue weighted by Gasteiger charge is -2.16. The first kappa shape index (κ1) is 18.8. The van der Waals surface area contributed by atoms with Gasteiger partial charge in [0.15, 0.2) is 17.3 Å². The Balaban J connectivity index is 1.22. The number of hydrogen-bond donors (Lipinski definition) is 0. The number of Topliss-reactive ketones (excluding diaryl/α,β-unsaturated/α-hetero) is 1. The number of fused-ring (bicyclic) bond motifs is 2. The minimum absolute atomic E-state index is 0.136. The number of ether oxygens (including phenoxy) is 2. The number of hydrogen-bond acceptors (Lipinski definition) is 4. The van der Waals surface area contributed by atoms with Gasteiger partial charge in [0.25, 0.3) is 0 Å². The van der Waals surface area contributed by atoms with E-state index in [1.165, 1.54) is 30.2 Å². The summed E-state index contributed by atoms with van der Waals surface area (Å²) >= 11 is 0. The first-order valence-electron chi connectivity index (χ1n) is 10.2. The van der Waals surface area contributed by atoms with E-state index in [2.05, 4.69) is 4.90 Å². The van der Waals surface area contributed by atoms with Crippen molar-refractivity contribution >= 4 is 16.6 Å². The summed E-state index contributed by atoms with van der Waals surface area (Å²) < 4.78 is 24.1. The summed E-state index contributed by atoms with van der Waals surface area (Å²) in [5.74, 6) is 1.67. The Bertz CT molecular complexity index is 1120. The van der Waals surface area contributed by atoms with E-state index in [1.807, 2.05) is 42.5 Å². The van der Waals surface area contributed by atoms with Gasteiger partial charge in [-0.2, -0.15) is 0 Å². The number of likely N-dealkylation sites (tertiary alicyclic amines) is 1. The van der Waals surface area contributed by atoms with Crippen LogP contribution >= 0.6 is 0 Å². The van der Waals surface area contributed by atoms with Crippen LogP contribution in [0, 0.1) is 5.82 Å². The number of halogens is 1. The molecule has 0 amide bonds. The van der Waals surface area contributed by atoms with Gasteiger partial charge in [0.2, 0.25) is 0 Å². The van der Waals surface area contributed by atoms with Crippen LogP contribution in [0.1, 0.15) is 34.7 Å². The van der Waals surface area contributed by atoms with Crippen molar-refractivity contribution in [3.8, 4) is 11.5 Å². The molecule has 30 heavy (non-hydrogen) atoms. The quantitative estimate of drug-likeness (QED) is 0.543. The molecule has 3 aromatic carbocycles. The van der Waals surface area contributed by atoms with Crippen LogP contribution in [0.15, 0.2) is 67.1 Å². The molecule has 5 rings (SSSR count). The van der Waals surface area contributed by atoms with Crippen LogP contribution in [0.3, 0.4) is 0 Å². The van der Waals surface area contributed by atoms with Gasteiger partial charge < -0.3 is 14.4 Å². The Hall–Kier alpha value is -3.18. The Morgan fingerprint density at radius 2 is 1.70 bits per heavy atom. The number of nitrogens with zero attached hydrogens (tertiary/aromatic N) is 1. The number of benzene rings is 3. The summed E-state index contributed by atoms with van der Waals surface area (Å²) in [6.07, 6.45) is 4.52. The molecular formula is C25H22FNO3. The van der Waals surface area contributed by atoms with Gasteiger partial charge >= 0.3 is 0 Å². The SMILES string of the molecule is O=C(CCN1CCC(c2ccc(F)cc2)C1)c1ccc2cc3c(cc2c1)OC=CO3. The second kappa shape index (κ2) is 7.92. The zero-order valence-corrected chi connectivity index (χ0v) is 16.5. The van der Waals surface area contributed by atoms with Crippen molar-refractivity contribution < 1.29 is 18.7 Å². The average molecular weight is 403 g/mol. The van der Waals surface area contributed by atoms with Crippen molar-refractivity contribution in [1.82, 2.24) is 4.90 Å². The smallest absolute Gasteiger partial charge is 0.169 e. The highest BCUT2D eigenvalue weighted by molar-refractivity contribution is 6.00. The Labute approximate surface area is 174 Å². The van der Waals surface area contributed by atoms with Crippen LogP contribution in [0.25, 0.3) is 10.8 Å². The minimum atomic E-state index is -0.203. The first-order chi connectivity index (χ1) is 14.7. The zero-order chi connectivity index (χ0) is 20.5. The fourth-order valence-electron chi connectivity index (χ4n) is 4.26. The molecule has 0 N–H and O–H groups in total. The third-order valence-corrected chi connectivity index (χ3v) is 5.94. The van der Waals surface area contributed by atoms with E-state index in [-0.39, 0.29) is 11.6 Å². The molecule has 4 nitrogen and oxygen atoms in total. The van der Waals surface area contributed by atoms with Crippen LogP contribution in [0.5, 0.6) is 11.5 Å². The maximum atomic E-state index is 13.1. The molecule has 5 heteroatoms. The van der Waals surface area contributed by atoms with Crippen LogP contribution in [-0.4, -0.2) is 30.3 Å². The Morgan fingerprint density at radius 3 is 2.47 bits per heavy atom. The van der Waals surface area contributed by atoms with Crippen molar-refractivity contribution in [2.24, 2.45) is 0 Å². The van der Waals surface area contributed by atoms with E-state index in [0.29, 0.717) is 29.4 Å². The molecule has 2 aliphatic heterocycles. The highest BCUT2D eigenvalue weighted by Gasteiger charge is 2.24. The highest BCUT2D eigenvalue weighted by Crippen LogP contribution is 2.35. The molecule has 1 saturated heterocycles.